The van der Waals surface area contributed by atoms with E-state index in [1.165, 1.54) is 16.7 Å². The van der Waals surface area contributed by atoms with Crippen LogP contribution in [0.5, 0.6) is 11.5 Å². The van der Waals surface area contributed by atoms with Crippen LogP contribution in [-0.2, 0) is 6.42 Å². The summed E-state index contributed by atoms with van der Waals surface area (Å²) in [5.74, 6) is 1.56. The van der Waals surface area contributed by atoms with E-state index in [0.29, 0.717) is 0 Å². The number of rotatable bonds is 7. The minimum atomic E-state index is -0.000337. The van der Waals surface area contributed by atoms with E-state index in [-0.39, 0.29) is 11.6 Å². The lowest BCUT2D eigenvalue weighted by molar-refractivity contribution is 0.0133. The topological polar surface area (TPSA) is 24.9 Å². The van der Waals surface area contributed by atoms with E-state index in [2.05, 4.69) is 96.6 Å². The van der Waals surface area contributed by atoms with Gasteiger partial charge in [0.25, 0.3) is 0 Å². The SMILES string of the molecule is COc1ccc(C[C@]2(C)CN(C(c3ccccc3)c3ccccc3)CCN2C)cc1OC. The molecule has 0 aromatic heterocycles. The molecule has 1 aliphatic rings. The normalized spacial score (nSPS) is 19.8. The average Bonchev–Trinajstić information content (AvgIpc) is 2.83. The fourth-order valence-electron chi connectivity index (χ4n) is 4.91. The van der Waals surface area contributed by atoms with Crippen molar-refractivity contribution in [3.63, 3.8) is 0 Å². The minimum absolute atomic E-state index is 0.000337. The van der Waals surface area contributed by atoms with Gasteiger partial charge in [0.2, 0.25) is 0 Å². The van der Waals surface area contributed by atoms with Gasteiger partial charge >= 0.3 is 0 Å². The van der Waals surface area contributed by atoms with Crippen LogP contribution in [0.1, 0.15) is 29.7 Å². The predicted octanol–water partition coefficient (Wildman–Crippen LogP) is 5.04. The highest BCUT2D eigenvalue weighted by molar-refractivity contribution is 5.43. The van der Waals surface area contributed by atoms with Crippen LogP contribution in [0.4, 0.5) is 0 Å². The van der Waals surface area contributed by atoms with Crippen molar-refractivity contribution in [3.05, 3.63) is 95.6 Å². The zero-order valence-electron chi connectivity index (χ0n) is 19.6. The summed E-state index contributed by atoms with van der Waals surface area (Å²) in [6.07, 6.45) is 0.941. The Morgan fingerprint density at radius 3 is 1.97 bits per heavy atom. The Bertz CT molecular complexity index is 969. The summed E-state index contributed by atoms with van der Waals surface area (Å²) in [6, 6.07) is 28.3. The number of piperazine rings is 1. The number of likely N-dealkylation sites (N-methyl/N-ethyl adjacent to an activating group) is 1. The molecule has 1 atom stereocenters. The summed E-state index contributed by atoms with van der Waals surface area (Å²) in [6.45, 7) is 5.42. The summed E-state index contributed by atoms with van der Waals surface area (Å²) < 4.78 is 11.0. The van der Waals surface area contributed by atoms with Crippen LogP contribution in [0.25, 0.3) is 0 Å². The first-order valence-electron chi connectivity index (χ1n) is 11.3. The van der Waals surface area contributed by atoms with Crippen molar-refractivity contribution in [1.29, 1.82) is 0 Å². The van der Waals surface area contributed by atoms with Gasteiger partial charge in [0.1, 0.15) is 0 Å². The first-order valence-corrected chi connectivity index (χ1v) is 11.3. The number of hydrogen-bond donors (Lipinski definition) is 0. The number of ether oxygens (including phenoxy) is 2. The molecule has 0 radical (unpaired) electrons. The smallest absolute Gasteiger partial charge is 0.160 e. The first kappa shape index (κ1) is 22.4. The molecular formula is C28H34N2O2. The molecule has 1 heterocycles. The molecule has 4 rings (SSSR count). The molecular weight excluding hydrogens is 396 g/mol. The molecule has 4 heteroatoms. The van der Waals surface area contributed by atoms with Gasteiger partial charge in [-0.2, -0.15) is 0 Å². The molecule has 3 aromatic carbocycles. The van der Waals surface area contributed by atoms with Crippen LogP contribution in [0.3, 0.4) is 0 Å². The van der Waals surface area contributed by atoms with Crippen molar-refractivity contribution in [2.75, 3.05) is 40.9 Å². The standard InChI is InChI=1S/C28H34N2O2/c1-28(20-22-15-16-25(31-3)26(19-22)32-4)21-30(18-17-29(28)2)27(23-11-7-5-8-12-23)24-13-9-6-10-14-24/h5-16,19,27H,17-18,20-21H2,1-4H3/t28-/m1/s1. The Morgan fingerprint density at radius 2 is 1.41 bits per heavy atom. The van der Waals surface area contributed by atoms with Crippen LogP contribution in [0, 0.1) is 0 Å². The fraction of sp³-hybridized carbons (Fsp3) is 0.357. The van der Waals surface area contributed by atoms with Crippen LogP contribution in [0.2, 0.25) is 0 Å². The third-order valence-corrected chi connectivity index (χ3v) is 6.82. The lowest BCUT2D eigenvalue weighted by Gasteiger charge is -2.50. The quantitative estimate of drug-likeness (QED) is 0.524. The monoisotopic (exact) mass is 430 g/mol. The van der Waals surface area contributed by atoms with Crippen molar-refractivity contribution in [1.82, 2.24) is 9.80 Å². The van der Waals surface area contributed by atoms with E-state index >= 15 is 0 Å². The van der Waals surface area contributed by atoms with Gasteiger partial charge in [-0.3, -0.25) is 9.80 Å². The lowest BCUT2D eigenvalue weighted by atomic mass is 9.86. The Labute approximate surface area is 192 Å². The highest BCUT2D eigenvalue weighted by atomic mass is 16.5. The van der Waals surface area contributed by atoms with Crippen molar-refractivity contribution in [3.8, 4) is 11.5 Å². The maximum atomic E-state index is 5.55. The van der Waals surface area contributed by atoms with Gasteiger partial charge in [-0.05, 0) is 49.2 Å². The van der Waals surface area contributed by atoms with E-state index in [4.69, 9.17) is 9.47 Å². The Kier molecular flexibility index (Phi) is 6.83. The molecule has 1 aliphatic heterocycles. The Hall–Kier alpha value is -2.82. The second kappa shape index (κ2) is 9.76. The molecule has 0 bridgehead atoms. The van der Waals surface area contributed by atoms with E-state index < -0.39 is 0 Å². The average molecular weight is 431 g/mol. The van der Waals surface area contributed by atoms with Gasteiger partial charge in [0.15, 0.2) is 11.5 Å². The third kappa shape index (κ3) is 4.67. The Balaban J connectivity index is 1.64. The maximum absolute atomic E-state index is 5.55. The minimum Gasteiger partial charge on any atom is -0.493 e. The van der Waals surface area contributed by atoms with Gasteiger partial charge in [0, 0.05) is 25.2 Å². The van der Waals surface area contributed by atoms with Crippen LogP contribution < -0.4 is 9.47 Å². The predicted molar refractivity (Wildman–Crippen MR) is 131 cm³/mol. The summed E-state index contributed by atoms with van der Waals surface area (Å²) in [5, 5.41) is 0. The summed E-state index contributed by atoms with van der Waals surface area (Å²) >= 11 is 0. The van der Waals surface area contributed by atoms with Gasteiger partial charge < -0.3 is 9.47 Å². The Morgan fingerprint density at radius 1 is 0.812 bits per heavy atom. The van der Waals surface area contributed by atoms with E-state index in [1.54, 1.807) is 14.2 Å². The molecule has 0 aliphatic carbocycles. The number of methoxy groups -OCH3 is 2. The van der Waals surface area contributed by atoms with Gasteiger partial charge in [-0.1, -0.05) is 66.7 Å². The highest BCUT2D eigenvalue weighted by Gasteiger charge is 2.38. The van der Waals surface area contributed by atoms with Crippen molar-refractivity contribution >= 4 is 0 Å². The van der Waals surface area contributed by atoms with Crippen LogP contribution in [0.15, 0.2) is 78.9 Å². The highest BCUT2D eigenvalue weighted by Crippen LogP contribution is 2.35. The molecule has 3 aromatic rings. The molecule has 0 saturated carbocycles. The van der Waals surface area contributed by atoms with Crippen molar-refractivity contribution in [2.24, 2.45) is 0 Å². The molecule has 0 N–H and O–H groups in total. The molecule has 1 saturated heterocycles. The summed E-state index contributed by atoms with van der Waals surface area (Å²) in [4.78, 5) is 5.15. The summed E-state index contributed by atoms with van der Waals surface area (Å²) in [7, 11) is 5.62. The van der Waals surface area contributed by atoms with Crippen LogP contribution >= 0.6 is 0 Å². The van der Waals surface area contributed by atoms with E-state index in [0.717, 1.165) is 37.6 Å². The fourth-order valence-corrected chi connectivity index (χ4v) is 4.91. The molecule has 0 unspecified atom stereocenters. The van der Waals surface area contributed by atoms with Gasteiger partial charge in [-0.15, -0.1) is 0 Å². The molecule has 0 amide bonds. The number of nitrogens with zero attached hydrogens (tertiary/aromatic N) is 2. The molecule has 32 heavy (non-hydrogen) atoms. The molecule has 168 valence electrons. The van der Waals surface area contributed by atoms with E-state index in [1.807, 2.05) is 6.07 Å². The van der Waals surface area contributed by atoms with Crippen molar-refractivity contribution < 1.29 is 9.47 Å². The van der Waals surface area contributed by atoms with Gasteiger partial charge in [-0.25, -0.2) is 0 Å². The largest absolute Gasteiger partial charge is 0.493 e. The maximum Gasteiger partial charge on any atom is 0.160 e. The summed E-state index contributed by atoms with van der Waals surface area (Å²) in [5.41, 5.74) is 3.95. The first-order chi connectivity index (χ1) is 15.5. The van der Waals surface area contributed by atoms with Gasteiger partial charge in [0.05, 0.1) is 20.3 Å². The van der Waals surface area contributed by atoms with Crippen molar-refractivity contribution in [2.45, 2.75) is 24.9 Å². The molecule has 1 fully saturated rings. The lowest BCUT2D eigenvalue weighted by Crippen LogP contribution is -2.60. The second-order valence-electron chi connectivity index (χ2n) is 8.98. The second-order valence-corrected chi connectivity index (χ2v) is 8.98. The zero-order valence-corrected chi connectivity index (χ0v) is 19.6. The zero-order chi connectivity index (χ0) is 22.6. The molecule has 4 nitrogen and oxygen atoms in total. The number of benzene rings is 3. The number of hydrogen-bond acceptors (Lipinski definition) is 4. The third-order valence-electron chi connectivity index (χ3n) is 6.82. The van der Waals surface area contributed by atoms with E-state index in [9.17, 15) is 0 Å². The molecule has 0 spiro atoms. The van der Waals surface area contributed by atoms with Crippen LogP contribution in [-0.4, -0.2) is 56.2 Å².